The first-order chi connectivity index (χ1) is 18.8. The largest absolute Gasteiger partial charge is 0.396 e. The maximum Gasteiger partial charge on any atom is 0.225 e. The summed E-state index contributed by atoms with van der Waals surface area (Å²) < 4.78 is 29.0. The second-order valence-corrected chi connectivity index (χ2v) is 11.0. The van der Waals surface area contributed by atoms with E-state index in [0.29, 0.717) is 63.0 Å². The van der Waals surface area contributed by atoms with Crippen LogP contribution in [0.5, 0.6) is 0 Å². The van der Waals surface area contributed by atoms with Crippen molar-refractivity contribution >= 4 is 40.3 Å². The van der Waals surface area contributed by atoms with Crippen LogP contribution in [0.15, 0.2) is 36.5 Å². The van der Waals surface area contributed by atoms with Gasteiger partial charge in [0.15, 0.2) is 17.3 Å². The molecular formula is C28H30Cl2F2N6O. The highest BCUT2D eigenvalue weighted by molar-refractivity contribution is 6.39. The van der Waals surface area contributed by atoms with Crippen molar-refractivity contribution < 1.29 is 13.9 Å². The van der Waals surface area contributed by atoms with Crippen molar-refractivity contribution in [2.75, 3.05) is 25.0 Å². The van der Waals surface area contributed by atoms with Crippen LogP contribution >= 0.6 is 23.2 Å². The van der Waals surface area contributed by atoms with Crippen molar-refractivity contribution in [3.05, 3.63) is 69.3 Å². The van der Waals surface area contributed by atoms with Gasteiger partial charge in [-0.15, -0.1) is 0 Å². The molecule has 1 aliphatic heterocycles. The van der Waals surface area contributed by atoms with Crippen molar-refractivity contribution in [2.24, 2.45) is 11.8 Å². The number of halogens is 4. The predicted molar refractivity (Wildman–Crippen MR) is 150 cm³/mol. The summed E-state index contributed by atoms with van der Waals surface area (Å²) in [6.45, 7) is 4.80. The number of fused-ring (bicyclic) bond motifs is 1. The molecule has 11 heteroatoms. The third-order valence-electron chi connectivity index (χ3n) is 6.98. The standard InChI is InChI=1S/C28H30Cl2F2N6O/c1-16(15-39)7-19-8-20(29)25(21(30)9-19)27-36-24-13-35-28(34-12-17-4-5-22(31)23(32)10-17)37-26(24)38(27)14-18-3-2-6-33-11-18/h4-5,8-10,13,16,18,33,39H,2-3,6-7,11-12,14-15H2,1H3,(H,34,35,37). The van der Waals surface area contributed by atoms with E-state index in [1.165, 1.54) is 6.07 Å². The lowest BCUT2D eigenvalue weighted by atomic mass is 9.99. The number of hydrogen-bond donors (Lipinski definition) is 3. The Morgan fingerprint density at radius 2 is 1.92 bits per heavy atom. The Hall–Kier alpha value is -2.85. The molecule has 1 fully saturated rings. The number of anilines is 1. The van der Waals surface area contributed by atoms with Crippen molar-refractivity contribution in [1.29, 1.82) is 0 Å². The fourth-order valence-corrected chi connectivity index (χ4v) is 5.66. The van der Waals surface area contributed by atoms with Gasteiger partial charge < -0.3 is 20.3 Å². The average molecular weight is 575 g/mol. The third-order valence-corrected chi connectivity index (χ3v) is 7.58. The summed E-state index contributed by atoms with van der Waals surface area (Å²) in [6, 6.07) is 7.51. The molecule has 0 amide bonds. The van der Waals surface area contributed by atoms with Crippen LogP contribution in [0.2, 0.25) is 10.0 Å². The van der Waals surface area contributed by atoms with E-state index in [4.69, 9.17) is 33.2 Å². The molecule has 7 nitrogen and oxygen atoms in total. The van der Waals surface area contributed by atoms with E-state index in [0.717, 1.165) is 43.6 Å². The molecule has 2 atom stereocenters. The predicted octanol–water partition coefficient (Wildman–Crippen LogP) is 5.86. The molecule has 0 saturated carbocycles. The highest BCUT2D eigenvalue weighted by Gasteiger charge is 2.24. The normalized spacial score (nSPS) is 16.5. The van der Waals surface area contributed by atoms with Gasteiger partial charge in [-0.1, -0.05) is 36.2 Å². The first-order valence-corrected chi connectivity index (χ1v) is 13.8. The fourth-order valence-electron chi connectivity index (χ4n) is 4.96. The average Bonchev–Trinajstić information content (AvgIpc) is 3.26. The number of aliphatic hydroxyl groups excluding tert-OH is 1. The van der Waals surface area contributed by atoms with Gasteiger partial charge >= 0.3 is 0 Å². The van der Waals surface area contributed by atoms with Gasteiger partial charge in [-0.3, -0.25) is 0 Å². The number of nitrogens with zero attached hydrogens (tertiary/aromatic N) is 4. The fraction of sp³-hybridized carbons (Fsp3) is 0.393. The van der Waals surface area contributed by atoms with E-state index in [1.807, 2.05) is 23.6 Å². The second-order valence-electron chi connectivity index (χ2n) is 10.2. The summed E-state index contributed by atoms with van der Waals surface area (Å²) in [6.07, 6.45) is 4.44. The quantitative estimate of drug-likeness (QED) is 0.232. The van der Waals surface area contributed by atoms with Crippen LogP contribution in [-0.4, -0.2) is 44.3 Å². The highest BCUT2D eigenvalue weighted by Crippen LogP contribution is 2.38. The summed E-state index contributed by atoms with van der Waals surface area (Å²) in [4.78, 5) is 14.0. The van der Waals surface area contributed by atoms with Crippen molar-refractivity contribution in [2.45, 2.75) is 39.3 Å². The molecule has 3 N–H and O–H groups in total. The topological polar surface area (TPSA) is 87.9 Å². The molecule has 1 aliphatic rings. The third kappa shape index (κ3) is 6.32. The number of nitrogens with one attached hydrogen (secondary N) is 2. The molecule has 2 aromatic carbocycles. The van der Waals surface area contributed by atoms with Crippen molar-refractivity contribution in [1.82, 2.24) is 24.8 Å². The number of piperidine rings is 1. The highest BCUT2D eigenvalue weighted by atomic mass is 35.5. The Labute approximate surface area is 235 Å². The lowest BCUT2D eigenvalue weighted by molar-refractivity contribution is 0.237. The molecule has 5 rings (SSSR count). The van der Waals surface area contributed by atoms with E-state index in [-0.39, 0.29) is 19.1 Å². The summed E-state index contributed by atoms with van der Waals surface area (Å²) in [5.41, 5.74) is 3.35. The monoisotopic (exact) mass is 574 g/mol. The van der Waals surface area contributed by atoms with Gasteiger partial charge in [0, 0.05) is 19.7 Å². The first-order valence-electron chi connectivity index (χ1n) is 13.0. The number of rotatable bonds is 9. The zero-order chi connectivity index (χ0) is 27.5. The van der Waals surface area contributed by atoms with Gasteiger partial charge in [0.25, 0.3) is 0 Å². The number of aliphatic hydroxyl groups is 1. The molecule has 4 aromatic rings. The van der Waals surface area contributed by atoms with Gasteiger partial charge in [-0.05, 0) is 79.6 Å². The summed E-state index contributed by atoms with van der Waals surface area (Å²) in [5, 5.41) is 17.0. The smallest absolute Gasteiger partial charge is 0.225 e. The minimum Gasteiger partial charge on any atom is -0.396 e. The SMILES string of the molecule is CC(CO)Cc1cc(Cl)c(-c2nc3cnc(NCc4ccc(F)c(F)c4)nc3n2CC2CCCNC2)c(Cl)c1. The maximum absolute atomic E-state index is 13.6. The molecule has 0 spiro atoms. The van der Waals surface area contributed by atoms with Crippen LogP contribution in [0.1, 0.15) is 30.9 Å². The zero-order valence-electron chi connectivity index (χ0n) is 21.5. The molecule has 0 aliphatic carbocycles. The van der Waals surface area contributed by atoms with Crippen LogP contribution < -0.4 is 10.6 Å². The zero-order valence-corrected chi connectivity index (χ0v) is 23.0. The molecule has 0 radical (unpaired) electrons. The van der Waals surface area contributed by atoms with Crippen LogP contribution in [0.25, 0.3) is 22.6 Å². The van der Waals surface area contributed by atoms with Gasteiger partial charge in [-0.2, -0.15) is 4.98 Å². The number of aromatic nitrogens is 4. The first kappa shape index (κ1) is 27.7. The van der Waals surface area contributed by atoms with E-state index in [1.54, 1.807) is 6.20 Å². The molecule has 1 saturated heterocycles. The van der Waals surface area contributed by atoms with Crippen LogP contribution in [-0.2, 0) is 19.5 Å². The van der Waals surface area contributed by atoms with Gasteiger partial charge in [0.05, 0.1) is 21.8 Å². The summed E-state index contributed by atoms with van der Waals surface area (Å²) in [7, 11) is 0. The lowest BCUT2D eigenvalue weighted by Crippen LogP contribution is -2.32. The van der Waals surface area contributed by atoms with Crippen LogP contribution in [0.4, 0.5) is 14.7 Å². The lowest BCUT2D eigenvalue weighted by Gasteiger charge is -2.24. The number of benzene rings is 2. The Morgan fingerprint density at radius 1 is 1.13 bits per heavy atom. The molecule has 2 unspecified atom stereocenters. The van der Waals surface area contributed by atoms with E-state index < -0.39 is 11.6 Å². The molecule has 2 aromatic heterocycles. The summed E-state index contributed by atoms with van der Waals surface area (Å²) in [5.74, 6) is -0.394. The molecule has 0 bridgehead atoms. The number of imidazole rings is 1. The van der Waals surface area contributed by atoms with Crippen molar-refractivity contribution in [3.8, 4) is 11.4 Å². The molecule has 3 heterocycles. The Kier molecular flexibility index (Phi) is 8.61. The Morgan fingerprint density at radius 3 is 2.62 bits per heavy atom. The minimum absolute atomic E-state index is 0.0767. The molecule has 39 heavy (non-hydrogen) atoms. The van der Waals surface area contributed by atoms with Crippen LogP contribution in [0, 0.1) is 23.5 Å². The Bertz CT molecular complexity index is 1450. The van der Waals surface area contributed by atoms with Gasteiger partial charge in [0.1, 0.15) is 11.3 Å². The Balaban J connectivity index is 1.52. The van der Waals surface area contributed by atoms with Crippen molar-refractivity contribution in [3.63, 3.8) is 0 Å². The number of hydrogen-bond acceptors (Lipinski definition) is 6. The second kappa shape index (κ2) is 12.1. The van der Waals surface area contributed by atoms with Gasteiger partial charge in [0.2, 0.25) is 5.95 Å². The summed E-state index contributed by atoms with van der Waals surface area (Å²) >= 11 is 13.6. The minimum atomic E-state index is -0.903. The van der Waals surface area contributed by atoms with E-state index in [2.05, 4.69) is 15.6 Å². The molecular weight excluding hydrogens is 545 g/mol. The van der Waals surface area contributed by atoms with E-state index in [9.17, 15) is 13.9 Å². The van der Waals surface area contributed by atoms with E-state index >= 15 is 0 Å². The van der Waals surface area contributed by atoms with Crippen LogP contribution in [0.3, 0.4) is 0 Å². The molecule has 206 valence electrons. The van der Waals surface area contributed by atoms with Gasteiger partial charge in [-0.25, -0.2) is 18.7 Å². The maximum atomic E-state index is 13.6.